The van der Waals surface area contributed by atoms with Gasteiger partial charge in [0.05, 0.1) is 26.7 Å². The molecule has 0 saturated heterocycles. The minimum absolute atomic E-state index is 0.0313. The molecule has 1 aromatic heterocycles. The third kappa shape index (κ3) is 5.00. The van der Waals surface area contributed by atoms with Crippen molar-refractivity contribution in [1.29, 1.82) is 0 Å². The number of nitrogens with one attached hydrogen (secondary N) is 1. The smallest absolute Gasteiger partial charge is 0.305 e. The first-order valence-electron chi connectivity index (χ1n) is 9.50. The number of carbonyl (C=O) groups is 2. The maximum absolute atomic E-state index is 14.2. The minimum Gasteiger partial charge on any atom is -0.496 e. The molecule has 1 atom stereocenters. The molecule has 7 nitrogen and oxygen atoms in total. The first-order chi connectivity index (χ1) is 15.3. The molecule has 9 heteroatoms. The van der Waals surface area contributed by atoms with E-state index in [2.05, 4.69) is 10.3 Å². The number of pyridine rings is 1. The average molecular weight is 442 g/mol. The van der Waals surface area contributed by atoms with Gasteiger partial charge in [0.2, 0.25) is 0 Å². The first kappa shape index (κ1) is 22.7. The van der Waals surface area contributed by atoms with Crippen molar-refractivity contribution in [3.8, 4) is 22.8 Å². The van der Waals surface area contributed by atoms with E-state index in [4.69, 9.17) is 9.47 Å². The van der Waals surface area contributed by atoms with Gasteiger partial charge in [0.15, 0.2) is 0 Å². The summed E-state index contributed by atoms with van der Waals surface area (Å²) in [5.74, 6) is -2.57. The lowest BCUT2D eigenvalue weighted by Crippen LogP contribution is -2.31. The maximum Gasteiger partial charge on any atom is 0.305 e. The maximum atomic E-state index is 14.2. The fourth-order valence-electron chi connectivity index (χ4n) is 3.20. The molecule has 0 aliphatic carbocycles. The third-order valence-corrected chi connectivity index (χ3v) is 4.69. The number of hydrogen-bond acceptors (Lipinski definition) is 5. The number of rotatable bonds is 8. The van der Waals surface area contributed by atoms with Gasteiger partial charge >= 0.3 is 5.97 Å². The van der Waals surface area contributed by atoms with E-state index in [1.54, 1.807) is 6.07 Å². The molecule has 0 bridgehead atoms. The fraction of sp³-hybridized carbons (Fsp3) is 0.174. The van der Waals surface area contributed by atoms with E-state index in [0.29, 0.717) is 5.75 Å². The van der Waals surface area contributed by atoms with Gasteiger partial charge in [0.25, 0.3) is 5.91 Å². The molecule has 1 heterocycles. The van der Waals surface area contributed by atoms with Gasteiger partial charge in [-0.1, -0.05) is 18.2 Å². The first-order valence-corrected chi connectivity index (χ1v) is 9.50. The molecule has 0 fully saturated rings. The molecule has 3 aromatic rings. The average Bonchev–Trinajstić information content (AvgIpc) is 2.78. The number of aliphatic carboxylic acids is 1. The van der Waals surface area contributed by atoms with Crippen molar-refractivity contribution in [3.05, 3.63) is 77.5 Å². The fourth-order valence-corrected chi connectivity index (χ4v) is 3.20. The van der Waals surface area contributed by atoms with Gasteiger partial charge in [0.1, 0.15) is 34.5 Å². The molecule has 0 saturated carbocycles. The number of halogens is 2. The van der Waals surface area contributed by atoms with Gasteiger partial charge in [0, 0.05) is 11.1 Å². The van der Waals surface area contributed by atoms with Crippen LogP contribution < -0.4 is 14.8 Å². The molecule has 32 heavy (non-hydrogen) atoms. The van der Waals surface area contributed by atoms with E-state index in [-0.39, 0.29) is 28.3 Å². The van der Waals surface area contributed by atoms with Crippen LogP contribution in [0, 0.1) is 11.6 Å². The van der Waals surface area contributed by atoms with Crippen LogP contribution in [0.15, 0.2) is 54.6 Å². The Morgan fingerprint density at radius 3 is 2.38 bits per heavy atom. The minimum atomic E-state index is -1.22. The number of aromatic nitrogens is 1. The predicted octanol–water partition coefficient (Wildman–Crippen LogP) is 3.99. The Hall–Kier alpha value is -4.01. The van der Waals surface area contributed by atoms with Gasteiger partial charge in [-0.3, -0.25) is 9.59 Å². The summed E-state index contributed by atoms with van der Waals surface area (Å²) in [7, 11) is 2.80. The van der Waals surface area contributed by atoms with E-state index in [1.165, 1.54) is 62.8 Å². The van der Waals surface area contributed by atoms with Crippen LogP contribution in [0.4, 0.5) is 8.78 Å². The summed E-state index contributed by atoms with van der Waals surface area (Å²) >= 11 is 0. The molecule has 2 N–H and O–H groups in total. The molecular formula is C23H20F2N2O5. The van der Waals surface area contributed by atoms with Crippen molar-refractivity contribution >= 4 is 11.9 Å². The zero-order valence-corrected chi connectivity index (χ0v) is 17.3. The molecule has 0 radical (unpaired) electrons. The summed E-state index contributed by atoms with van der Waals surface area (Å²) in [6, 6.07) is 11.1. The monoisotopic (exact) mass is 442 g/mol. The van der Waals surface area contributed by atoms with Gasteiger partial charge in [-0.05, 0) is 36.4 Å². The topological polar surface area (TPSA) is 97.8 Å². The Morgan fingerprint density at radius 2 is 1.72 bits per heavy atom. The zero-order valence-electron chi connectivity index (χ0n) is 17.3. The Bertz CT molecular complexity index is 1150. The van der Waals surface area contributed by atoms with Crippen molar-refractivity contribution in [3.63, 3.8) is 0 Å². The highest BCUT2D eigenvalue weighted by atomic mass is 19.1. The van der Waals surface area contributed by atoms with E-state index in [0.717, 1.165) is 0 Å². The Balaban J connectivity index is 2.00. The predicted molar refractivity (Wildman–Crippen MR) is 112 cm³/mol. The second-order valence-corrected chi connectivity index (χ2v) is 6.74. The number of nitrogens with zero attached hydrogens (tertiary/aromatic N) is 1. The number of hydrogen-bond donors (Lipinski definition) is 2. The second-order valence-electron chi connectivity index (χ2n) is 6.74. The zero-order chi connectivity index (χ0) is 23.3. The van der Waals surface area contributed by atoms with Crippen molar-refractivity contribution in [1.82, 2.24) is 10.3 Å². The van der Waals surface area contributed by atoms with E-state index >= 15 is 0 Å². The van der Waals surface area contributed by atoms with Gasteiger partial charge in [-0.25, -0.2) is 13.8 Å². The largest absolute Gasteiger partial charge is 0.496 e. The van der Waals surface area contributed by atoms with E-state index < -0.39 is 36.0 Å². The summed E-state index contributed by atoms with van der Waals surface area (Å²) < 4.78 is 38.7. The lowest BCUT2D eigenvalue weighted by molar-refractivity contribution is -0.137. The number of carboxylic acids is 1. The molecule has 2 aromatic carbocycles. The molecule has 1 amide bonds. The second kappa shape index (κ2) is 9.86. The number of benzene rings is 2. The SMILES string of the molecule is COc1ccc(F)cc1-c1nc(C(=O)N[C@@H](CC(=O)O)c2ccccc2F)ccc1OC. The van der Waals surface area contributed by atoms with Crippen LogP contribution in [0.2, 0.25) is 0 Å². The van der Waals surface area contributed by atoms with Crippen LogP contribution >= 0.6 is 0 Å². The molecule has 0 aliphatic heterocycles. The summed E-state index contributed by atoms with van der Waals surface area (Å²) in [5.41, 5.74) is 0.343. The van der Waals surface area contributed by atoms with Crippen molar-refractivity contribution in [2.75, 3.05) is 14.2 Å². The highest BCUT2D eigenvalue weighted by Crippen LogP contribution is 2.35. The number of carboxylic acid groups (broad SMARTS) is 1. The van der Waals surface area contributed by atoms with Crippen LogP contribution in [0.3, 0.4) is 0 Å². The molecule has 3 rings (SSSR count). The lowest BCUT2D eigenvalue weighted by Gasteiger charge is -2.18. The standard InChI is InChI=1S/C23H20F2N2O5/c1-31-19-9-7-13(24)11-15(19)22-20(32-2)10-8-17(26-22)23(30)27-18(12-21(28)29)14-5-3-4-6-16(14)25/h3-11,18H,12H2,1-2H3,(H,27,30)(H,28,29)/t18-/m0/s1. The Morgan fingerprint density at radius 1 is 1.03 bits per heavy atom. The van der Waals surface area contributed by atoms with Crippen LogP contribution in [0.25, 0.3) is 11.3 Å². The number of amides is 1. The number of methoxy groups -OCH3 is 2. The highest BCUT2D eigenvalue weighted by Gasteiger charge is 2.23. The van der Waals surface area contributed by atoms with Gasteiger partial charge in [-0.2, -0.15) is 0 Å². The summed E-state index contributed by atoms with van der Waals surface area (Å²) in [4.78, 5) is 28.5. The lowest BCUT2D eigenvalue weighted by atomic mass is 10.0. The Labute approximate surface area is 182 Å². The number of carbonyl (C=O) groups excluding carboxylic acids is 1. The summed E-state index contributed by atoms with van der Waals surface area (Å²) in [6.07, 6.45) is -0.534. The van der Waals surface area contributed by atoms with Crippen molar-refractivity contribution in [2.45, 2.75) is 12.5 Å². The summed E-state index contributed by atoms with van der Waals surface area (Å²) in [5, 5.41) is 11.7. The van der Waals surface area contributed by atoms with E-state index in [9.17, 15) is 23.5 Å². The molecule has 0 unspecified atom stereocenters. The van der Waals surface area contributed by atoms with Gasteiger partial charge < -0.3 is 19.9 Å². The van der Waals surface area contributed by atoms with Crippen LogP contribution in [-0.4, -0.2) is 36.2 Å². The Kier molecular flexibility index (Phi) is 6.99. The third-order valence-electron chi connectivity index (χ3n) is 4.69. The summed E-state index contributed by atoms with van der Waals surface area (Å²) in [6.45, 7) is 0. The van der Waals surface area contributed by atoms with Crippen molar-refractivity contribution in [2.24, 2.45) is 0 Å². The van der Waals surface area contributed by atoms with Crippen LogP contribution in [0.5, 0.6) is 11.5 Å². The molecule has 166 valence electrons. The van der Waals surface area contributed by atoms with Crippen molar-refractivity contribution < 1.29 is 33.0 Å². The highest BCUT2D eigenvalue weighted by molar-refractivity contribution is 5.94. The molecular weight excluding hydrogens is 422 g/mol. The normalized spacial score (nSPS) is 11.5. The quantitative estimate of drug-likeness (QED) is 0.548. The number of ether oxygens (including phenoxy) is 2. The van der Waals surface area contributed by atoms with Crippen LogP contribution in [-0.2, 0) is 4.79 Å². The van der Waals surface area contributed by atoms with Gasteiger partial charge in [-0.15, -0.1) is 0 Å². The molecule has 0 spiro atoms. The molecule has 0 aliphatic rings. The van der Waals surface area contributed by atoms with Crippen LogP contribution in [0.1, 0.15) is 28.5 Å². The van der Waals surface area contributed by atoms with E-state index in [1.807, 2.05) is 0 Å².